The highest BCUT2D eigenvalue weighted by atomic mass is 16.6. The molecule has 1 N–H and O–H groups in total. The molecule has 0 spiro atoms. The summed E-state index contributed by atoms with van der Waals surface area (Å²) < 4.78 is 15.4. The minimum Gasteiger partial charge on any atom is -0.469 e. The minimum atomic E-state index is -0.595. The van der Waals surface area contributed by atoms with Gasteiger partial charge in [0, 0.05) is 19.6 Å². The molecule has 0 radical (unpaired) electrons. The molecule has 1 aliphatic rings. The zero-order valence-electron chi connectivity index (χ0n) is 16.9. The number of carbonyl (C=O) groups is 3. The standard InChI is InChI=1S/C18H32N2O6/c1-17(2,3)25-15(22)19-9-13-11-20(16(23)26-18(4,5)6)10-12(13)8-14(21)24-7/h12-13H,8-11H2,1-7H3,(H,19,22)/t12-,13+/m0/s1. The van der Waals surface area contributed by atoms with E-state index in [0.29, 0.717) is 19.6 Å². The zero-order valence-corrected chi connectivity index (χ0v) is 16.9. The van der Waals surface area contributed by atoms with Gasteiger partial charge in [0.15, 0.2) is 0 Å². The van der Waals surface area contributed by atoms with Gasteiger partial charge in [-0.3, -0.25) is 4.79 Å². The maximum atomic E-state index is 12.3. The third kappa shape index (κ3) is 7.93. The molecule has 0 aliphatic carbocycles. The van der Waals surface area contributed by atoms with Crippen LogP contribution in [0.2, 0.25) is 0 Å². The predicted molar refractivity (Wildman–Crippen MR) is 95.7 cm³/mol. The number of amides is 2. The van der Waals surface area contributed by atoms with Gasteiger partial charge < -0.3 is 24.4 Å². The van der Waals surface area contributed by atoms with E-state index in [2.05, 4.69) is 5.32 Å². The van der Waals surface area contributed by atoms with E-state index in [1.54, 1.807) is 46.4 Å². The van der Waals surface area contributed by atoms with Crippen molar-refractivity contribution in [3.63, 3.8) is 0 Å². The van der Waals surface area contributed by atoms with Crippen LogP contribution in [0.1, 0.15) is 48.0 Å². The summed E-state index contributed by atoms with van der Waals surface area (Å²) in [5, 5.41) is 2.72. The molecule has 0 unspecified atom stereocenters. The van der Waals surface area contributed by atoms with Gasteiger partial charge in [-0.05, 0) is 53.4 Å². The van der Waals surface area contributed by atoms with E-state index >= 15 is 0 Å². The van der Waals surface area contributed by atoms with Crippen molar-refractivity contribution in [1.29, 1.82) is 0 Å². The van der Waals surface area contributed by atoms with Crippen LogP contribution in [0.4, 0.5) is 9.59 Å². The number of nitrogens with one attached hydrogen (secondary N) is 1. The van der Waals surface area contributed by atoms with Crippen LogP contribution in [0.25, 0.3) is 0 Å². The molecule has 8 heteroatoms. The quantitative estimate of drug-likeness (QED) is 0.602. The normalized spacial score (nSPS) is 20.5. The summed E-state index contributed by atoms with van der Waals surface area (Å²) in [5.41, 5.74) is -1.19. The number of ether oxygens (including phenoxy) is 3. The maximum Gasteiger partial charge on any atom is 0.410 e. The topological polar surface area (TPSA) is 94.2 Å². The number of hydrogen-bond acceptors (Lipinski definition) is 6. The number of carbonyl (C=O) groups excluding carboxylic acids is 3. The second kappa shape index (κ2) is 8.60. The Morgan fingerprint density at radius 2 is 1.50 bits per heavy atom. The fourth-order valence-corrected chi connectivity index (χ4v) is 2.70. The molecule has 150 valence electrons. The SMILES string of the molecule is COC(=O)C[C@H]1CN(C(=O)OC(C)(C)C)C[C@H]1CNC(=O)OC(C)(C)C. The van der Waals surface area contributed by atoms with Crippen molar-refractivity contribution in [2.24, 2.45) is 11.8 Å². The summed E-state index contributed by atoms with van der Waals surface area (Å²) in [5.74, 6) is -0.553. The Hall–Kier alpha value is -1.99. The number of esters is 1. The predicted octanol–water partition coefficient (Wildman–Crippen LogP) is 2.56. The number of methoxy groups -OCH3 is 1. The summed E-state index contributed by atoms with van der Waals surface area (Å²) >= 11 is 0. The molecular weight excluding hydrogens is 340 g/mol. The minimum absolute atomic E-state index is 0.0888. The van der Waals surface area contributed by atoms with Gasteiger partial charge in [0.05, 0.1) is 13.5 Å². The molecule has 2 amide bonds. The Kier molecular flexibility index (Phi) is 7.29. The molecule has 8 nitrogen and oxygen atoms in total. The van der Waals surface area contributed by atoms with Crippen LogP contribution in [-0.2, 0) is 19.0 Å². The molecule has 1 rings (SSSR count). The highest BCUT2D eigenvalue weighted by molar-refractivity contribution is 5.71. The lowest BCUT2D eigenvalue weighted by Gasteiger charge is -2.24. The second-order valence-electron chi connectivity index (χ2n) is 8.57. The molecule has 0 aromatic rings. The summed E-state index contributed by atoms with van der Waals surface area (Å²) in [6, 6.07) is 0. The van der Waals surface area contributed by atoms with Crippen molar-refractivity contribution >= 4 is 18.2 Å². The molecular formula is C18H32N2O6. The first kappa shape index (κ1) is 22.1. The van der Waals surface area contributed by atoms with Gasteiger partial charge >= 0.3 is 18.2 Å². The van der Waals surface area contributed by atoms with E-state index in [4.69, 9.17) is 14.2 Å². The van der Waals surface area contributed by atoms with Crippen LogP contribution in [0.3, 0.4) is 0 Å². The van der Waals surface area contributed by atoms with Crippen molar-refractivity contribution in [3.8, 4) is 0 Å². The molecule has 0 aromatic heterocycles. The van der Waals surface area contributed by atoms with Crippen molar-refractivity contribution in [2.75, 3.05) is 26.7 Å². The summed E-state index contributed by atoms with van der Waals surface area (Å²) in [4.78, 5) is 37.4. The molecule has 1 saturated heterocycles. The first-order chi connectivity index (χ1) is 11.8. The van der Waals surface area contributed by atoms with E-state index in [1.165, 1.54) is 7.11 Å². The van der Waals surface area contributed by atoms with Crippen LogP contribution in [0, 0.1) is 11.8 Å². The van der Waals surface area contributed by atoms with Gasteiger partial charge in [-0.1, -0.05) is 0 Å². The largest absolute Gasteiger partial charge is 0.469 e. The average molecular weight is 372 g/mol. The molecule has 1 fully saturated rings. The summed E-state index contributed by atoms with van der Waals surface area (Å²) in [7, 11) is 1.33. The zero-order chi connectivity index (χ0) is 20.1. The number of alkyl carbamates (subject to hydrolysis) is 1. The monoisotopic (exact) mass is 372 g/mol. The summed E-state index contributed by atoms with van der Waals surface area (Å²) in [6.07, 6.45) is -0.770. The van der Waals surface area contributed by atoms with Crippen LogP contribution in [0.15, 0.2) is 0 Å². The van der Waals surface area contributed by atoms with Crippen molar-refractivity contribution < 1.29 is 28.6 Å². The smallest absolute Gasteiger partial charge is 0.410 e. The van der Waals surface area contributed by atoms with Crippen LogP contribution >= 0.6 is 0 Å². The molecule has 1 aliphatic heterocycles. The highest BCUT2D eigenvalue weighted by Crippen LogP contribution is 2.28. The average Bonchev–Trinajstić information content (AvgIpc) is 2.84. The Morgan fingerprint density at radius 1 is 0.962 bits per heavy atom. The Bertz CT molecular complexity index is 521. The third-order valence-corrected chi connectivity index (χ3v) is 3.79. The van der Waals surface area contributed by atoms with Crippen LogP contribution in [-0.4, -0.2) is 61.0 Å². The number of nitrogens with zero attached hydrogens (tertiary/aromatic N) is 1. The van der Waals surface area contributed by atoms with E-state index in [0.717, 1.165) is 0 Å². The molecule has 2 atom stereocenters. The van der Waals surface area contributed by atoms with Gasteiger partial charge in [0.25, 0.3) is 0 Å². The van der Waals surface area contributed by atoms with E-state index in [9.17, 15) is 14.4 Å². The molecule has 0 aromatic carbocycles. The van der Waals surface area contributed by atoms with Crippen molar-refractivity contribution in [2.45, 2.75) is 59.2 Å². The van der Waals surface area contributed by atoms with Gasteiger partial charge in [-0.25, -0.2) is 9.59 Å². The first-order valence-corrected chi connectivity index (χ1v) is 8.82. The Labute approximate surface area is 155 Å². The van der Waals surface area contributed by atoms with Gasteiger partial charge in [0.2, 0.25) is 0 Å². The van der Waals surface area contributed by atoms with Crippen LogP contribution in [0.5, 0.6) is 0 Å². The van der Waals surface area contributed by atoms with Crippen molar-refractivity contribution in [1.82, 2.24) is 10.2 Å². The third-order valence-electron chi connectivity index (χ3n) is 3.79. The van der Waals surface area contributed by atoms with E-state index in [1.807, 2.05) is 0 Å². The number of likely N-dealkylation sites (tertiary alicyclic amines) is 1. The van der Waals surface area contributed by atoms with Crippen LogP contribution < -0.4 is 5.32 Å². The maximum absolute atomic E-state index is 12.3. The molecule has 26 heavy (non-hydrogen) atoms. The number of hydrogen-bond donors (Lipinski definition) is 1. The lowest BCUT2D eigenvalue weighted by Crippen LogP contribution is -2.38. The second-order valence-corrected chi connectivity index (χ2v) is 8.57. The Morgan fingerprint density at radius 3 is 2.00 bits per heavy atom. The van der Waals surface area contributed by atoms with Crippen molar-refractivity contribution in [3.05, 3.63) is 0 Å². The molecule has 0 bridgehead atoms. The van der Waals surface area contributed by atoms with Gasteiger partial charge in [-0.15, -0.1) is 0 Å². The van der Waals surface area contributed by atoms with Gasteiger partial charge in [-0.2, -0.15) is 0 Å². The number of rotatable bonds is 4. The van der Waals surface area contributed by atoms with E-state index in [-0.39, 0.29) is 24.2 Å². The fourth-order valence-electron chi connectivity index (χ4n) is 2.70. The lowest BCUT2D eigenvalue weighted by molar-refractivity contribution is -0.141. The van der Waals surface area contributed by atoms with Gasteiger partial charge in [0.1, 0.15) is 11.2 Å². The Balaban J connectivity index is 2.70. The highest BCUT2D eigenvalue weighted by Gasteiger charge is 2.38. The first-order valence-electron chi connectivity index (χ1n) is 8.82. The fraction of sp³-hybridized carbons (Fsp3) is 0.833. The molecule has 1 heterocycles. The van der Waals surface area contributed by atoms with E-state index < -0.39 is 23.4 Å². The lowest BCUT2D eigenvalue weighted by atomic mass is 9.93. The summed E-state index contributed by atoms with van der Waals surface area (Å²) in [6.45, 7) is 11.8. The molecule has 0 saturated carbocycles.